The fourth-order valence-corrected chi connectivity index (χ4v) is 3.58. The highest BCUT2D eigenvalue weighted by atomic mass is 16.7. The van der Waals surface area contributed by atoms with Crippen LogP contribution in [0.5, 0.6) is 11.5 Å². The lowest BCUT2D eigenvalue weighted by atomic mass is 10.1. The van der Waals surface area contributed by atoms with Gasteiger partial charge in [0.25, 0.3) is 11.8 Å². The number of fused-ring (bicyclic) bond motifs is 2. The molecule has 3 heterocycles. The van der Waals surface area contributed by atoms with Crippen molar-refractivity contribution in [3.63, 3.8) is 0 Å². The lowest BCUT2D eigenvalue weighted by Crippen LogP contribution is -2.28. The Hall–Kier alpha value is -3.87. The number of hydrogen-bond acceptors (Lipinski definition) is 5. The molecule has 1 aromatic heterocycles. The molecule has 5 rings (SSSR count). The van der Waals surface area contributed by atoms with E-state index in [1.807, 2.05) is 12.1 Å². The van der Waals surface area contributed by atoms with E-state index in [1.165, 1.54) is 0 Å². The molecule has 2 aromatic carbocycles. The van der Waals surface area contributed by atoms with Crippen molar-refractivity contribution < 1.29 is 19.1 Å². The average Bonchev–Trinajstić information content (AvgIpc) is 3.39. The first-order chi connectivity index (χ1) is 14.2. The highest BCUT2D eigenvalue weighted by molar-refractivity contribution is 6.08. The van der Waals surface area contributed by atoms with E-state index in [4.69, 9.17) is 9.47 Å². The van der Waals surface area contributed by atoms with Crippen molar-refractivity contribution in [3.05, 3.63) is 77.6 Å². The van der Waals surface area contributed by atoms with Crippen LogP contribution in [0.4, 0.5) is 11.4 Å². The van der Waals surface area contributed by atoms with Gasteiger partial charge >= 0.3 is 0 Å². The Morgan fingerprint density at radius 2 is 1.90 bits per heavy atom. The van der Waals surface area contributed by atoms with Crippen molar-refractivity contribution in [2.45, 2.75) is 6.42 Å². The van der Waals surface area contributed by atoms with Crippen molar-refractivity contribution in [1.29, 1.82) is 0 Å². The lowest BCUT2D eigenvalue weighted by Gasteiger charge is -2.17. The van der Waals surface area contributed by atoms with Gasteiger partial charge in [0.15, 0.2) is 11.5 Å². The Morgan fingerprint density at radius 1 is 1.00 bits per heavy atom. The SMILES string of the molecule is O=C(Nc1ccc2c(c1)CCN2C(=O)c1cccnc1)c1ccc2c(c1)OCO2. The van der Waals surface area contributed by atoms with E-state index in [0.717, 1.165) is 17.7 Å². The maximum atomic E-state index is 12.7. The van der Waals surface area contributed by atoms with Gasteiger partial charge in [0.05, 0.1) is 5.56 Å². The molecule has 0 unspecified atom stereocenters. The Balaban J connectivity index is 1.34. The number of carbonyl (C=O) groups excluding carboxylic acids is 2. The highest BCUT2D eigenvalue weighted by Crippen LogP contribution is 2.34. The molecule has 3 aromatic rings. The third-order valence-corrected chi connectivity index (χ3v) is 5.02. The zero-order valence-electron chi connectivity index (χ0n) is 15.4. The van der Waals surface area contributed by atoms with Crippen molar-refractivity contribution in [2.24, 2.45) is 0 Å². The van der Waals surface area contributed by atoms with Crippen molar-refractivity contribution in [1.82, 2.24) is 4.98 Å². The number of amides is 2. The monoisotopic (exact) mass is 387 g/mol. The molecular weight excluding hydrogens is 370 g/mol. The maximum Gasteiger partial charge on any atom is 0.259 e. The van der Waals surface area contributed by atoms with Gasteiger partial charge in [-0.3, -0.25) is 14.6 Å². The fourth-order valence-electron chi connectivity index (χ4n) is 3.58. The summed E-state index contributed by atoms with van der Waals surface area (Å²) in [7, 11) is 0. The minimum Gasteiger partial charge on any atom is -0.454 e. The summed E-state index contributed by atoms with van der Waals surface area (Å²) < 4.78 is 10.6. The summed E-state index contributed by atoms with van der Waals surface area (Å²) in [4.78, 5) is 31.1. The smallest absolute Gasteiger partial charge is 0.259 e. The molecular formula is C22H17N3O4. The summed E-state index contributed by atoms with van der Waals surface area (Å²) >= 11 is 0. The Kier molecular flexibility index (Phi) is 4.13. The number of pyridine rings is 1. The summed E-state index contributed by atoms with van der Waals surface area (Å²) in [6.45, 7) is 0.766. The molecule has 0 atom stereocenters. The van der Waals surface area contributed by atoms with E-state index in [2.05, 4.69) is 10.3 Å². The largest absolute Gasteiger partial charge is 0.454 e. The predicted octanol–water partition coefficient (Wildman–Crippen LogP) is 3.27. The Bertz CT molecular complexity index is 1110. The molecule has 0 saturated heterocycles. The van der Waals surface area contributed by atoms with Crippen LogP contribution in [-0.4, -0.2) is 30.1 Å². The van der Waals surface area contributed by atoms with Gasteiger partial charge in [-0.2, -0.15) is 0 Å². The molecule has 0 spiro atoms. The van der Waals surface area contributed by atoms with Crippen LogP contribution in [0.3, 0.4) is 0 Å². The topological polar surface area (TPSA) is 80.8 Å². The molecule has 0 bridgehead atoms. The Morgan fingerprint density at radius 3 is 2.76 bits per heavy atom. The molecule has 2 aliphatic rings. The molecule has 1 N–H and O–H groups in total. The molecule has 2 amide bonds. The van der Waals surface area contributed by atoms with Crippen LogP contribution in [0.2, 0.25) is 0 Å². The van der Waals surface area contributed by atoms with E-state index >= 15 is 0 Å². The van der Waals surface area contributed by atoms with E-state index < -0.39 is 0 Å². The molecule has 29 heavy (non-hydrogen) atoms. The number of hydrogen-bond donors (Lipinski definition) is 1. The van der Waals surface area contributed by atoms with Crippen LogP contribution >= 0.6 is 0 Å². The molecule has 0 fully saturated rings. The summed E-state index contributed by atoms with van der Waals surface area (Å²) in [6, 6.07) is 14.2. The number of anilines is 2. The van der Waals surface area contributed by atoms with Crippen LogP contribution in [0.15, 0.2) is 60.9 Å². The fraction of sp³-hybridized carbons (Fsp3) is 0.136. The average molecular weight is 387 g/mol. The summed E-state index contributed by atoms with van der Waals surface area (Å²) in [5.74, 6) is 0.896. The van der Waals surface area contributed by atoms with Crippen LogP contribution in [0.1, 0.15) is 26.3 Å². The molecule has 7 heteroatoms. The van der Waals surface area contributed by atoms with Gasteiger partial charge in [-0.1, -0.05) is 0 Å². The quantitative estimate of drug-likeness (QED) is 0.746. The molecule has 144 valence electrons. The molecule has 0 aliphatic carbocycles. The maximum absolute atomic E-state index is 12.7. The van der Waals surface area contributed by atoms with Crippen molar-refractivity contribution in [2.75, 3.05) is 23.6 Å². The number of nitrogens with one attached hydrogen (secondary N) is 1. The second kappa shape index (κ2) is 6.94. The number of rotatable bonds is 3. The first kappa shape index (κ1) is 17.2. The standard InChI is InChI=1S/C22H17N3O4/c26-21(15-3-6-19-20(11-15)29-13-28-19)24-17-4-5-18-14(10-17)7-9-25(18)22(27)16-2-1-8-23-12-16/h1-6,8,10-12H,7,9,13H2,(H,24,26). The van der Waals surface area contributed by atoms with Crippen LogP contribution in [0, 0.1) is 0 Å². The summed E-state index contributed by atoms with van der Waals surface area (Å²) in [5, 5.41) is 2.91. The van der Waals surface area contributed by atoms with Crippen LogP contribution in [0.25, 0.3) is 0 Å². The minimum absolute atomic E-state index is 0.0750. The van der Waals surface area contributed by atoms with E-state index in [0.29, 0.717) is 34.9 Å². The van der Waals surface area contributed by atoms with Gasteiger partial charge in [0.2, 0.25) is 6.79 Å². The number of benzene rings is 2. The number of ether oxygens (including phenoxy) is 2. The Labute approximate surface area is 166 Å². The third-order valence-electron chi connectivity index (χ3n) is 5.02. The normalized spacial score (nSPS) is 13.9. The minimum atomic E-state index is -0.232. The molecule has 0 radical (unpaired) electrons. The molecule has 2 aliphatic heterocycles. The van der Waals surface area contributed by atoms with E-state index in [9.17, 15) is 9.59 Å². The van der Waals surface area contributed by atoms with Crippen molar-refractivity contribution in [3.8, 4) is 11.5 Å². The zero-order valence-corrected chi connectivity index (χ0v) is 15.4. The van der Waals surface area contributed by atoms with Gasteiger partial charge in [-0.15, -0.1) is 0 Å². The van der Waals surface area contributed by atoms with Gasteiger partial charge < -0.3 is 19.7 Å². The van der Waals surface area contributed by atoms with Gasteiger partial charge in [0, 0.05) is 35.9 Å². The van der Waals surface area contributed by atoms with Gasteiger partial charge in [-0.05, 0) is 60.5 Å². The number of carbonyl (C=O) groups is 2. The number of aromatic nitrogens is 1. The second-order valence-corrected chi connectivity index (χ2v) is 6.81. The zero-order chi connectivity index (χ0) is 19.8. The first-order valence-corrected chi connectivity index (χ1v) is 9.25. The first-order valence-electron chi connectivity index (χ1n) is 9.25. The number of nitrogens with zero attached hydrogens (tertiary/aromatic N) is 2. The molecule has 7 nitrogen and oxygen atoms in total. The summed E-state index contributed by atoms with van der Waals surface area (Å²) in [5.41, 5.74) is 3.61. The molecule has 0 saturated carbocycles. The second-order valence-electron chi connectivity index (χ2n) is 6.81. The van der Waals surface area contributed by atoms with Crippen LogP contribution in [-0.2, 0) is 6.42 Å². The highest BCUT2D eigenvalue weighted by Gasteiger charge is 2.26. The van der Waals surface area contributed by atoms with Crippen molar-refractivity contribution >= 4 is 23.2 Å². The lowest BCUT2D eigenvalue weighted by molar-refractivity contribution is 0.0987. The third kappa shape index (κ3) is 3.16. The van der Waals surface area contributed by atoms with Crippen LogP contribution < -0.4 is 19.7 Å². The summed E-state index contributed by atoms with van der Waals surface area (Å²) in [6.07, 6.45) is 3.94. The van der Waals surface area contributed by atoms with Gasteiger partial charge in [0.1, 0.15) is 0 Å². The van der Waals surface area contributed by atoms with E-state index in [-0.39, 0.29) is 18.6 Å². The van der Waals surface area contributed by atoms with E-state index in [1.54, 1.807) is 53.7 Å². The predicted molar refractivity (Wildman–Crippen MR) is 107 cm³/mol. The van der Waals surface area contributed by atoms with Gasteiger partial charge in [-0.25, -0.2) is 0 Å².